The van der Waals surface area contributed by atoms with Crippen molar-refractivity contribution >= 4 is 10.9 Å². The van der Waals surface area contributed by atoms with E-state index in [0.717, 1.165) is 37.3 Å². The van der Waals surface area contributed by atoms with Crippen LogP contribution in [0.25, 0.3) is 10.9 Å². The maximum atomic E-state index is 13.4. The van der Waals surface area contributed by atoms with Crippen LogP contribution >= 0.6 is 0 Å². The fourth-order valence-corrected chi connectivity index (χ4v) is 5.26. The van der Waals surface area contributed by atoms with Crippen molar-refractivity contribution in [2.45, 2.75) is 57.8 Å². The Kier molecular flexibility index (Phi) is 8.21. The minimum Gasteiger partial charge on any atom is -0.484 e. The molecule has 0 saturated carbocycles. The molecule has 1 aromatic heterocycles. The molecule has 1 saturated heterocycles. The monoisotopic (exact) mass is 477 g/mol. The summed E-state index contributed by atoms with van der Waals surface area (Å²) in [6.07, 6.45) is 1.85. The van der Waals surface area contributed by atoms with Gasteiger partial charge < -0.3 is 15.4 Å². The van der Waals surface area contributed by atoms with E-state index in [1.54, 1.807) is 4.57 Å². The third-order valence-corrected chi connectivity index (χ3v) is 6.81. The van der Waals surface area contributed by atoms with E-state index in [1.807, 2.05) is 50.5 Å². The smallest absolute Gasteiger partial charge is 0.261 e. The third-order valence-electron chi connectivity index (χ3n) is 6.81. The summed E-state index contributed by atoms with van der Waals surface area (Å²) in [5.74, 6) is 1.54. The van der Waals surface area contributed by atoms with Gasteiger partial charge in [0.2, 0.25) is 0 Å². The summed E-state index contributed by atoms with van der Waals surface area (Å²) < 4.78 is 8.13. The second-order valence-electron chi connectivity index (χ2n) is 9.82. The predicted molar refractivity (Wildman–Crippen MR) is 142 cm³/mol. The summed E-state index contributed by atoms with van der Waals surface area (Å²) in [6, 6.07) is 16.7. The highest BCUT2D eigenvalue weighted by Crippen LogP contribution is 2.29. The van der Waals surface area contributed by atoms with Gasteiger partial charge in [-0.2, -0.15) is 0 Å². The Hall–Kier alpha value is -2.74. The Balaban J connectivity index is 1.71. The van der Waals surface area contributed by atoms with E-state index in [0.29, 0.717) is 35.3 Å². The number of benzene rings is 2. The Bertz CT molecular complexity index is 1170. The van der Waals surface area contributed by atoms with Crippen LogP contribution in [-0.4, -0.2) is 53.2 Å². The number of ether oxygens (including phenoxy) is 1. The third kappa shape index (κ3) is 5.74. The van der Waals surface area contributed by atoms with Gasteiger partial charge in [-0.3, -0.25) is 14.3 Å². The van der Waals surface area contributed by atoms with Crippen molar-refractivity contribution in [3.63, 3.8) is 0 Å². The normalized spacial score (nSPS) is 20.6. The first kappa shape index (κ1) is 25.4. The fourth-order valence-electron chi connectivity index (χ4n) is 5.26. The molecule has 1 aliphatic heterocycles. The standard InChI is InChI=1S/C28H39N5O2/c1-6-10-25(33-17-19(2)30-20(3)18-33)27-31-24-15-22(13-14-23(24)28(34)32(27)5)35-26(16-29-4)21-11-8-7-9-12-21/h7-9,11-15,19-20,25-26,29-30H,6,10,16-18H2,1-5H3/t19-,20+,25-,26+/m0/s1. The number of rotatable bonds is 9. The molecule has 2 aromatic carbocycles. The molecule has 35 heavy (non-hydrogen) atoms. The molecule has 0 unspecified atom stereocenters. The number of likely N-dealkylation sites (N-methyl/N-ethyl adjacent to an activating group) is 1. The van der Waals surface area contributed by atoms with Crippen LogP contribution in [0.5, 0.6) is 5.75 Å². The molecular formula is C28H39N5O2. The Morgan fingerprint density at radius 1 is 1.14 bits per heavy atom. The van der Waals surface area contributed by atoms with Crippen molar-refractivity contribution in [2.24, 2.45) is 7.05 Å². The van der Waals surface area contributed by atoms with E-state index in [2.05, 4.69) is 48.4 Å². The zero-order valence-electron chi connectivity index (χ0n) is 21.6. The molecule has 4 rings (SSSR count). The van der Waals surface area contributed by atoms with Gasteiger partial charge in [0.05, 0.1) is 16.9 Å². The predicted octanol–water partition coefficient (Wildman–Crippen LogP) is 3.80. The lowest BCUT2D eigenvalue weighted by atomic mass is 10.0. The lowest BCUT2D eigenvalue weighted by Gasteiger charge is -2.41. The van der Waals surface area contributed by atoms with Crippen LogP contribution in [0.3, 0.4) is 0 Å². The van der Waals surface area contributed by atoms with Gasteiger partial charge in [-0.1, -0.05) is 43.7 Å². The molecule has 0 amide bonds. The molecule has 3 aromatic rings. The molecule has 2 N–H and O–H groups in total. The quantitative estimate of drug-likeness (QED) is 0.489. The van der Waals surface area contributed by atoms with Crippen molar-refractivity contribution in [2.75, 3.05) is 26.7 Å². The van der Waals surface area contributed by atoms with Gasteiger partial charge in [-0.05, 0) is 45.0 Å². The van der Waals surface area contributed by atoms with E-state index < -0.39 is 0 Å². The van der Waals surface area contributed by atoms with Crippen molar-refractivity contribution in [1.82, 2.24) is 25.1 Å². The number of nitrogens with one attached hydrogen (secondary N) is 2. The SMILES string of the molecule is CCC[C@@H](c1nc2cc(O[C@H](CNC)c3ccccc3)ccc2c(=O)n1C)N1C[C@@H](C)N[C@@H](C)C1. The van der Waals surface area contributed by atoms with Crippen molar-refractivity contribution < 1.29 is 4.74 Å². The molecule has 188 valence electrons. The van der Waals surface area contributed by atoms with Gasteiger partial charge in [0.15, 0.2) is 0 Å². The van der Waals surface area contributed by atoms with Crippen LogP contribution in [0.4, 0.5) is 0 Å². The van der Waals surface area contributed by atoms with Crippen molar-refractivity contribution in [3.05, 3.63) is 70.3 Å². The number of fused-ring (bicyclic) bond motifs is 1. The van der Waals surface area contributed by atoms with Gasteiger partial charge in [0.25, 0.3) is 5.56 Å². The van der Waals surface area contributed by atoms with Gasteiger partial charge in [0.1, 0.15) is 17.7 Å². The topological polar surface area (TPSA) is 71.4 Å². The molecular weight excluding hydrogens is 438 g/mol. The van der Waals surface area contributed by atoms with Crippen LogP contribution in [-0.2, 0) is 7.05 Å². The Morgan fingerprint density at radius 2 is 1.86 bits per heavy atom. The van der Waals surface area contributed by atoms with Crippen molar-refractivity contribution in [1.29, 1.82) is 0 Å². The fraction of sp³-hybridized carbons (Fsp3) is 0.500. The lowest BCUT2D eigenvalue weighted by molar-refractivity contribution is 0.109. The van der Waals surface area contributed by atoms with E-state index in [-0.39, 0.29) is 17.7 Å². The average Bonchev–Trinajstić information content (AvgIpc) is 2.84. The van der Waals surface area contributed by atoms with Crippen LogP contribution in [0.1, 0.15) is 57.1 Å². The summed E-state index contributed by atoms with van der Waals surface area (Å²) in [7, 11) is 3.77. The first-order chi connectivity index (χ1) is 16.9. The zero-order valence-corrected chi connectivity index (χ0v) is 21.6. The molecule has 0 aliphatic carbocycles. The maximum absolute atomic E-state index is 13.4. The first-order valence-corrected chi connectivity index (χ1v) is 12.8. The van der Waals surface area contributed by atoms with Gasteiger partial charge in [0, 0.05) is 44.8 Å². The van der Waals surface area contributed by atoms with Crippen molar-refractivity contribution in [3.8, 4) is 5.75 Å². The molecule has 4 atom stereocenters. The summed E-state index contributed by atoms with van der Waals surface area (Å²) in [6.45, 7) is 9.18. The van der Waals surface area contributed by atoms with Crippen LogP contribution in [0.15, 0.2) is 53.3 Å². The van der Waals surface area contributed by atoms with Crippen LogP contribution in [0, 0.1) is 0 Å². The molecule has 2 heterocycles. The number of piperazine rings is 1. The molecule has 1 fully saturated rings. The average molecular weight is 478 g/mol. The largest absolute Gasteiger partial charge is 0.484 e. The van der Waals surface area contributed by atoms with Crippen LogP contribution in [0.2, 0.25) is 0 Å². The highest BCUT2D eigenvalue weighted by atomic mass is 16.5. The molecule has 0 radical (unpaired) electrons. The summed E-state index contributed by atoms with van der Waals surface area (Å²) in [4.78, 5) is 20.9. The number of hydrogen-bond donors (Lipinski definition) is 2. The minimum atomic E-state index is -0.138. The second kappa shape index (κ2) is 11.3. The van der Waals surface area contributed by atoms with Gasteiger partial charge >= 0.3 is 0 Å². The minimum absolute atomic E-state index is 0.0104. The lowest BCUT2D eigenvalue weighted by Crippen LogP contribution is -2.55. The summed E-state index contributed by atoms with van der Waals surface area (Å²) in [5, 5.41) is 7.44. The molecule has 0 bridgehead atoms. The van der Waals surface area contributed by atoms with E-state index in [9.17, 15) is 4.79 Å². The number of aromatic nitrogens is 2. The Labute approximate surface area is 208 Å². The Morgan fingerprint density at radius 3 is 2.51 bits per heavy atom. The highest BCUT2D eigenvalue weighted by molar-refractivity contribution is 5.79. The van der Waals surface area contributed by atoms with E-state index in [4.69, 9.17) is 9.72 Å². The number of nitrogens with zero attached hydrogens (tertiary/aromatic N) is 3. The molecule has 7 nitrogen and oxygen atoms in total. The summed E-state index contributed by atoms with van der Waals surface area (Å²) >= 11 is 0. The second-order valence-corrected chi connectivity index (χ2v) is 9.82. The molecule has 7 heteroatoms. The zero-order chi connectivity index (χ0) is 24.9. The van der Waals surface area contributed by atoms with Gasteiger partial charge in [-0.25, -0.2) is 4.98 Å². The van der Waals surface area contributed by atoms with E-state index >= 15 is 0 Å². The molecule has 0 spiro atoms. The van der Waals surface area contributed by atoms with Gasteiger partial charge in [-0.15, -0.1) is 0 Å². The van der Waals surface area contributed by atoms with Crippen LogP contribution < -0.4 is 20.9 Å². The van der Waals surface area contributed by atoms with E-state index in [1.165, 1.54) is 0 Å². The highest BCUT2D eigenvalue weighted by Gasteiger charge is 2.30. The molecule has 1 aliphatic rings. The maximum Gasteiger partial charge on any atom is 0.261 e. The number of hydrogen-bond acceptors (Lipinski definition) is 6. The summed E-state index contributed by atoms with van der Waals surface area (Å²) in [5.41, 5.74) is 1.78. The first-order valence-electron chi connectivity index (χ1n) is 12.8.